The van der Waals surface area contributed by atoms with Gasteiger partial charge in [-0.05, 0) is 36.4 Å². The summed E-state index contributed by atoms with van der Waals surface area (Å²) in [5.41, 5.74) is 2.98. The van der Waals surface area contributed by atoms with E-state index >= 15 is 0 Å². The molecule has 1 amide bonds. The predicted molar refractivity (Wildman–Crippen MR) is 96.3 cm³/mol. The van der Waals surface area contributed by atoms with E-state index in [1.165, 1.54) is 5.69 Å². The van der Waals surface area contributed by atoms with Crippen molar-refractivity contribution in [2.45, 2.75) is 0 Å². The van der Waals surface area contributed by atoms with Crippen LogP contribution < -0.4 is 4.90 Å². The molecule has 24 heavy (non-hydrogen) atoms. The lowest BCUT2D eigenvalue weighted by molar-refractivity contribution is 0.0747. The third-order valence-corrected chi connectivity index (χ3v) is 4.54. The van der Waals surface area contributed by atoms with Crippen LogP contribution in [0.1, 0.15) is 10.4 Å². The van der Waals surface area contributed by atoms with Gasteiger partial charge in [-0.15, -0.1) is 0 Å². The van der Waals surface area contributed by atoms with E-state index in [-0.39, 0.29) is 5.91 Å². The fraction of sp³-hybridized carbons (Fsp3) is 0.200. The second-order valence-electron chi connectivity index (χ2n) is 6.03. The maximum absolute atomic E-state index is 12.5. The van der Waals surface area contributed by atoms with Crippen LogP contribution in [0.4, 0.5) is 5.69 Å². The lowest BCUT2D eigenvalue weighted by Gasteiger charge is -2.36. The number of hydrogen-bond donors (Lipinski definition) is 0. The Morgan fingerprint density at radius 2 is 1.67 bits per heavy atom. The molecule has 0 radical (unpaired) electrons. The lowest BCUT2D eigenvalue weighted by Crippen LogP contribution is -2.48. The maximum atomic E-state index is 12.5. The number of nitrogens with zero attached hydrogens (tertiary/aromatic N) is 3. The quantitative estimate of drug-likeness (QED) is 0.728. The molecule has 0 aliphatic carbocycles. The van der Waals surface area contributed by atoms with Crippen LogP contribution in [0.25, 0.3) is 10.9 Å². The van der Waals surface area contributed by atoms with E-state index in [1.54, 1.807) is 0 Å². The van der Waals surface area contributed by atoms with Crippen LogP contribution in [0.15, 0.2) is 66.9 Å². The van der Waals surface area contributed by atoms with Gasteiger partial charge in [0, 0.05) is 49.0 Å². The molecule has 4 rings (SSSR count). The minimum Gasteiger partial charge on any atom is -0.368 e. The van der Waals surface area contributed by atoms with E-state index in [1.807, 2.05) is 47.5 Å². The SMILES string of the molecule is O=C(c1ccccc1)N1CCN(c2ccc3ncccc3c2)CC1. The minimum atomic E-state index is 0.123. The lowest BCUT2D eigenvalue weighted by atomic mass is 10.1. The van der Waals surface area contributed by atoms with E-state index < -0.39 is 0 Å². The zero-order chi connectivity index (χ0) is 16.4. The molecule has 4 nitrogen and oxygen atoms in total. The van der Waals surface area contributed by atoms with Crippen molar-refractivity contribution in [1.82, 2.24) is 9.88 Å². The number of aromatic nitrogens is 1. The molecular weight excluding hydrogens is 298 g/mol. The average Bonchev–Trinajstić information content (AvgIpc) is 2.68. The molecule has 1 aliphatic rings. The molecule has 1 aromatic heterocycles. The van der Waals surface area contributed by atoms with Crippen molar-refractivity contribution in [1.29, 1.82) is 0 Å². The highest BCUT2D eigenvalue weighted by Gasteiger charge is 2.22. The van der Waals surface area contributed by atoms with Gasteiger partial charge in [-0.25, -0.2) is 0 Å². The summed E-state index contributed by atoms with van der Waals surface area (Å²) in [7, 11) is 0. The predicted octanol–water partition coefficient (Wildman–Crippen LogP) is 3.20. The number of pyridine rings is 1. The fourth-order valence-electron chi connectivity index (χ4n) is 3.19. The van der Waals surface area contributed by atoms with Crippen LogP contribution in [-0.2, 0) is 0 Å². The first-order valence-corrected chi connectivity index (χ1v) is 8.25. The monoisotopic (exact) mass is 317 g/mol. The van der Waals surface area contributed by atoms with Gasteiger partial charge >= 0.3 is 0 Å². The standard InChI is InChI=1S/C20H19N3O/c24-20(16-5-2-1-3-6-16)23-13-11-22(12-14-23)18-8-9-19-17(15-18)7-4-10-21-19/h1-10,15H,11-14H2. The fourth-order valence-corrected chi connectivity index (χ4v) is 3.19. The smallest absolute Gasteiger partial charge is 0.253 e. The zero-order valence-electron chi connectivity index (χ0n) is 13.4. The molecule has 0 spiro atoms. The summed E-state index contributed by atoms with van der Waals surface area (Å²) < 4.78 is 0. The van der Waals surface area contributed by atoms with Crippen LogP contribution in [0.2, 0.25) is 0 Å². The second-order valence-corrected chi connectivity index (χ2v) is 6.03. The Hall–Kier alpha value is -2.88. The van der Waals surface area contributed by atoms with Gasteiger partial charge in [-0.1, -0.05) is 24.3 Å². The Bertz CT molecular complexity index is 855. The number of carbonyl (C=O) groups is 1. The van der Waals surface area contributed by atoms with Crippen molar-refractivity contribution in [3.05, 3.63) is 72.4 Å². The summed E-state index contributed by atoms with van der Waals surface area (Å²) in [6.07, 6.45) is 1.82. The molecule has 1 aliphatic heterocycles. The van der Waals surface area contributed by atoms with Gasteiger partial charge in [-0.3, -0.25) is 9.78 Å². The highest BCUT2D eigenvalue weighted by molar-refractivity contribution is 5.94. The van der Waals surface area contributed by atoms with Gasteiger partial charge in [0.15, 0.2) is 0 Å². The Kier molecular flexibility index (Phi) is 3.87. The van der Waals surface area contributed by atoms with Gasteiger partial charge in [0.2, 0.25) is 0 Å². The summed E-state index contributed by atoms with van der Waals surface area (Å²) in [4.78, 5) is 21.2. The molecule has 0 N–H and O–H groups in total. The molecule has 0 unspecified atom stereocenters. The first kappa shape index (κ1) is 14.7. The van der Waals surface area contributed by atoms with Gasteiger partial charge in [0.25, 0.3) is 5.91 Å². The third-order valence-electron chi connectivity index (χ3n) is 4.54. The van der Waals surface area contributed by atoms with E-state index in [4.69, 9.17) is 0 Å². The van der Waals surface area contributed by atoms with Crippen molar-refractivity contribution in [3.63, 3.8) is 0 Å². The Balaban J connectivity index is 1.46. The molecule has 1 saturated heterocycles. The summed E-state index contributed by atoms with van der Waals surface area (Å²) >= 11 is 0. The molecule has 120 valence electrons. The summed E-state index contributed by atoms with van der Waals surface area (Å²) in [5.74, 6) is 0.123. The number of fused-ring (bicyclic) bond motifs is 1. The van der Waals surface area contributed by atoms with Gasteiger partial charge in [-0.2, -0.15) is 0 Å². The van der Waals surface area contributed by atoms with E-state index in [9.17, 15) is 4.79 Å². The molecule has 1 fully saturated rings. The molecular formula is C20H19N3O. The summed E-state index contributed by atoms with van der Waals surface area (Å²) in [6.45, 7) is 3.20. The van der Waals surface area contributed by atoms with E-state index in [0.717, 1.165) is 42.6 Å². The Morgan fingerprint density at radius 1 is 0.875 bits per heavy atom. The first-order valence-electron chi connectivity index (χ1n) is 8.25. The number of hydrogen-bond acceptors (Lipinski definition) is 3. The number of rotatable bonds is 2. The Morgan fingerprint density at radius 3 is 2.46 bits per heavy atom. The number of amides is 1. The van der Waals surface area contributed by atoms with Crippen LogP contribution in [0, 0.1) is 0 Å². The molecule has 0 saturated carbocycles. The Labute approximate surface area is 141 Å². The van der Waals surface area contributed by atoms with Crippen molar-refractivity contribution in [2.24, 2.45) is 0 Å². The molecule has 2 aromatic carbocycles. The molecule has 3 aromatic rings. The average molecular weight is 317 g/mol. The molecule has 4 heteroatoms. The normalized spacial score (nSPS) is 14.8. The van der Waals surface area contributed by atoms with Crippen LogP contribution in [-0.4, -0.2) is 42.0 Å². The first-order chi connectivity index (χ1) is 11.8. The van der Waals surface area contributed by atoms with E-state index in [0.29, 0.717) is 0 Å². The minimum absolute atomic E-state index is 0.123. The van der Waals surface area contributed by atoms with Gasteiger partial charge < -0.3 is 9.80 Å². The second kappa shape index (κ2) is 6.32. The van der Waals surface area contributed by atoms with Crippen LogP contribution in [0.5, 0.6) is 0 Å². The number of benzene rings is 2. The van der Waals surface area contributed by atoms with Crippen molar-refractivity contribution in [3.8, 4) is 0 Å². The number of carbonyl (C=O) groups excluding carboxylic acids is 1. The topological polar surface area (TPSA) is 36.4 Å². The van der Waals surface area contributed by atoms with Gasteiger partial charge in [0.05, 0.1) is 5.52 Å². The van der Waals surface area contributed by atoms with Gasteiger partial charge in [0.1, 0.15) is 0 Å². The molecule has 0 bridgehead atoms. The van der Waals surface area contributed by atoms with E-state index in [2.05, 4.69) is 34.1 Å². The summed E-state index contributed by atoms with van der Waals surface area (Å²) in [5, 5.41) is 1.15. The number of piperazine rings is 1. The van der Waals surface area contributed by atoms with Crippen LogP contribution in [0.3, 0.4) is 0 Å². The van der Waals surface area contributed by atoms with Crippen LogP contribution >= 0.6 is 0 Å². The highest BCUT2D eigenvalue weighted by atomic mass is 16.2. The number of anilines is 1. The third kappa shape index (κ3) is 2.83. The van der Waals surface area contributed by atoms with Crippen molar-refractivity contribution in [2.75, 3.05) is 31.1 Å². The highest BCUT2D eigenvalue weighted by Crippen LogP contribution is 2.22. The summed E-state index contributed by atoms with van der Waals surface area (Å²) in [6, 6.07) is 19.9. The largest absolute Gasteiger partial charge is 0.368 e. The van der Waals surface area contributed by atoms with Crippen molar-refractivity contribution < 1.29 is 4.79 Å². The maximum Gasteiger partial charge on any atom is 0.253 e. The molecule has 2 heterocycles. The van der Waals surface area contributed by atoms with Crippen molar-refractivity contribution >= 4 is 22.5 Å². The zero-order valence-corrected chi connectivity index (χ0v) is 13.4. The molecule has 0 atom stereocenters.